The van der Waals surface area contributed by atoms with Gasteiger partial charge in [0, 0.05) is 34.5 Å². The summed E-state index contributed by atoms with van der Waals surface area (Å²) in [5.41, 5.74) is -0.541. The van der Waals surface area contributed by atoms with Gasteiger partial charge < -0.3 is 14.8 Å². The van der Waals surface area contributed by atoms with Crippen LogP contribution in [0, 0.1) is 16.6 Å². The number of quaternary nitrogens is 1. The SMILES string of the molecule is CC(C)(OC(=O)/C=C/C(=O)Oc1c(I)cc(I)cc1I)C1CC[NH2+]CC1. The second kappa shape index (κ2) is 10.0. The highest BCUT2D eigenvalue weighted by atomic mass is 127. The second-order valence-electron chi connectivity index (χ2n) is 6.62. The van der Waals surface area contributed by atoms with Gasteiger partial charge in [-0.1, -0.05) is 0 Å². The number of halogens is 3. The number of esters is 2. The number of rotatable bonds is 5. The summed E-state index contributed by atoms with van der Waals surface area (Å²) < 4.78 is 13.7. The van der Waals surface area contributed by atoms with Crippen molar-refractivity contribution < 1.29 is 24.4 Å². The molecule has 1 aliphatic heterocycles. The largest absolute Gasteiger partial charge is 0.456 e. The molecule has 1 saturated heterocycles. The number of hydrogen-bond donors (Lipinski definition) is 1. The van der Waals surface area contributed by atoms with Gasteiger partial charge in [-0.15, -0.1) is 0 Å². The third-order valence-corrected chi connectivity index (χ3v) is 6.53. The molecule has 2 rings (SSSR count). The molecule has 1 aromatic carbocycles. The molecule has 1 heterocycles. The zero-order chi connectivity index (χ0) is 19.3. The zero-order valence-electron chi connectivity index (χ0n) is 14.6. The standard InChI is InChI=1S/C18H20I3NO4/c1-18(2,11-5-7-22-8-6-11)26-16(24)4-3-15(23)25-17-13(20)9-12(19)10-14(17)21/h3-4,9-11,22H,5-8H2,1-2H3/p+1/b4-3+. The molecular weight excluding hydrogens is 675 g/mol. The van der Waals surface area contributed by atoms with Gasteiger partial charge in [-0.2, -0.15) is 0 Å². The van der Waals surface area contributed by atoms with Crippen molar-refractivity contribution in [1.82, 2.24) is 0 Å². The highest BCUT2D eigenvalue weighted by Crippen LogP contribution is 2.30. The van der Waals surface area contributed by atoms with Crippen molar-refractivity contribution in [3.05, 3.63) is 35.0 Å². The Morgan fingerprint density at radius 2 is 1.62 bits per heavy atom. The monoisotopic (exact) mass is 696 g/mol. The molecule has 0 aromatic heterocycles. The number of ether oxygens (including phenoxy) is 2. The second-order valence-corrected chi connectivity index (χ2v) is 10.2. The van der Waals surface area contributed by atoms with Crippen molar-refractivity contribution in [2.75, 3.05) is 13.1 Å². The Kier molecular flexibility index (Phi) is 8.60. The Morgan fingerprint density at radius 3 is 2.19 bits per heavy atom. The van der Waals surface area contributed by atoms with Crippen LogP contribution in [0.5, 0.6) is 5.75 Å². The lowest BCUT2D eigenvalue weighted by atomic mass is 9.83. The van der Waals surface area contributed by atoms with Gasteiger partial charge in [-0.05, 0) is 93.8 Å². The molecule has 142 valence electrons. The Morgan fingerprint density at radius 1 is 1.08 bits per heavy atom. The molecule has 0 spiro atoms. The topological polar surface area (TPSA) is 69.2 Å². The highest BCUT2D eigenvalue weighted by molar-refractivity contribution is 14.1. The predicted molar refractivity (Wildman–Crippen MR) is 124 cm³/mol. The smallest absolute Gasteiger partial charge is 0.336 e. The minimum absolute atomic E-state index is 0.340. The van der Waals surface area contributed by atoms with Crippen molar-refractivity contribution in [3.8, 4) is 5.75 Å². The summed E-state index contributed by atoms with van der Waals surface area (Å²) in [5.74, 6) is -0.266. The van der Waals surface area contributed by atoms with Gasteiger partial charge in [0.25, 0.3) is 0 Å². The fourth-order valence-corrected chi connectivity index (χ4v) is 6.70. The van der Waals surface area contributed by atoms with Gasteiger partial charge in [0.1, 0.15) is 5.60 Å². The molecule has 0 bridgehead atoms. The molecule has 1 fully saturated rings. The summed E-state index contributed by atoms with van der Waals surface area (Å²) in [6, 6.07) is 3.85. The fourth-order valence-electron chi connectivity index (χ4n) is 2.90. The third-order valence-electron chi connectivity index (χ3n) is 4.31. The van der Waals surface area contributed by atoms with Gasteiger partial charge in [-0.3, -0.25) is 0 Å². The van der Waals surface area contributed by atoms with Crippen LogP contribution in [0.3, 0.4) is 0 Å². The molecule has 8 heteroatoms. The molecule has 0 amide bonds. The molecule has 1 aromatic rings. The van der Waals surface area contributed by atoms with E-state index in [0.717, 1.165) is 48.8 Å². The number of benzene rings is 1. The summed E-state index contributed by atoms with van der Waals surface area (Å²) in [7, 11) is 0. The van der Waals surface area contributed by atoms with Gasteiger partial charge >= 0.3 is 11.9 Å². The molecule has 0 unspecified atom stereocenters. The Bertz CT molecular complexity index is 689. The minimum atomic E-state index is -0.593. The average Bonchev–Trinajstić information content (AvgIpc) is 2.56. The van der Waals surface area contributed by atoms with Crippen LogP contribution in [0.15, 0.2) is 24.3 Å². The highest BCUT2D eigenvalue weighted by Gasteiger charge is 2.34. The first-order valence-electron chi connectivity index (χ1n) is 8.28. The van der Waals surface area contributed by atoms with Crippen molar-refractivity contribution in [2.45, 2.75) is 32.3 Å². The van der Waals surface area contributed by atoms with Crippen LogP contribution >= 0.6 is 67.8 Å². The first-order valence-corrected chi connectivity index (χ1v) is 11.5. The summed E-state index contributed by atoms with van der Waals surface area (Å²) in [4.78, 5) is 24.2. The van der Waals surface area contributed by atoms with E-state index >= 15 is 0 Å². The lowest BCUT2D eigenvalue weighted by Gasteiger charge is -2.35. The quantitative estimate of drug-likeness (QED) is 0.223. The van der Waals surface area contributed by atoms with Gasteiger partial charge in [0.15, 0.2) is 5.75 Å². The first-order chi connectivity index (χ1) is 12.2. The Labute approximate surface area is 194 Å². The molecule has 0 aliphatic carbocycles. The maximum Gasteiger partial charge on any atom is 0.336 e. The number of carbonyl (C=O) groups is 2. The number of carbonyl (C=O) groups excluding carboxylic acids is 2. The van der Waals surface area contributed by atoms with Crippen LogP contribution in [0.4, 0.5) is 0 Å². The van der Waals surface area contributed by atoms with E-state index in [9.17, 15) is 9.59 Å². The van der Waals surface area contributed by atoms with Gasteiger partial charge in [-0.25, -0.2) is 9.59 Å². The molecular formula is C18H21I3NO4+. The number of piperidine rings is 1. The molecule has 0 radical (unpaired) electrons. The van der Waals surface area contributed by atoms with Gasteiger partial charge in [0.05, 0.1) is 20.2 Å². The van der Waals surface area contributed by atoms with Crippen LogP contribution in [0.25, 0.3) is 0 Å². The lowest BCUT2D eigenvalue weighted by molar-refractivity contribution is -0.665. The van der Waals surface area contributed by atoms with E-state index in [1.807, 2.05) is 26.0 Å². The van der Waals surface area contributed by atoms with E-state index in [-0.39, 0.29) is 0 Å². The van der Waals surface area contributed by atoms with E-state index < -0.39 is 17.5 Å². The van der Waals surface area contributed by atoms with E-state index in [1.165, 1.54) is 0 Å². The van der Waals surface area contributed by atoms with Gasteiger partial charge in [0.2, 0.25) is 0 Å². The fraction of sp³-hybridized carbons (Fsp3) is 0.444. The summed E-state index contributed by atoms with van der Waals surface area (Å²) in [6.45, 7) is 5.98. The number of hydrogen-bond acceptors (Lipinski definition) is 4. The zero-order valence-corrected chi connectivity index (χ0v) is 21.0. The lowest BCUT2D eigenvalue weighted by Crippen LogP contribution is -2.86. The Balaban J connectivity index is 1.94. The van der Waals surface area contributed by atoms with E-state index in [4.69, 9.17) is 9.47 Å². The molecule has 0 saturated carbocycles. The summed E-state index contributed by atoms with van der Waals surface area (Å²) in [5, 5.41) is 2.28. The van der Waals surface area contributed by atoms with Crippen molar-refractivity contribution >= 4 is 79.7 Å². The normalized spacial score (nSPS) is 15.9. The van der Waals surface area contributed by atoms with Crippen molar-refractivity contribution in [2.24, 2.45) is 5.92 Å². The molecule has 1 aliphatic rings. The van der Waals surface area contributed by atoms with Crippen LogP contribution in [-0.2, 0) is 14.3 Å². The van der Waals surface area contributed by atoms with Crippen LogP contribution in [-0.4, -0.2) is 30.6 Å². The van der Waals surface area contributed by atoms with E-state index in [0.29, 0.717) is 11.7 Å². The maximum atomic E-state index is 12.1. The van der Waals surface area contributed by atoms with E-state index in [2.05, 4.69) is 73.1 Å². The van der Waals surface area contributed by atoms with Crippen LogP contribution in [0.2, 0.25) is 0 Å². The molecule has 5 nitrogen and oxygen atoms in total. The molecule has 26 heavy (non-hydrogen) atoms. The number of nitrogens with two attached hydrogens (primary N) is 1. The summed E-state index contributed by atoms with van der Waals surface area (Å²) in [6.07, 6.45) is 4.31. The van der Waals surface area contributed by atoms with Crippen LogP contribution in [0.1, 0.15) is 26.7 Å². The predicted octanol–water partition coefficient (Wildman–Crippen LogP) is 3.26. The maximum absolute atomic E-state index is 12.1. The third kappa shape index (κ3) is 6.59. The molecule has 0 atom stereocenters. The minimum Gasteiger partial charge on any atom is -0.456 e. The summed E-state index contributed by atoms with van der Waals surface area (Å²) >= 11 is 6.46. The Hall–Kier alpha value is 0.0500. The van der Waals surface area contributed by atoms with Crippen molar-refractivity contribution in [1.29, 1.82) is 0 Å². The molecule has 2 N–H and O–H groups in total. The first kappa shape index (κ1) is 22.3. The van der Waals surface area contributed by atoms with Crippen molar-refractivity contribution in [3.63, 3.8) is 0 Å². The average molecular weight is 696 g/mol. The van der Waals surface area contributed by atoms with Crippen LogP contribution < -0.4 is 10.1 Å². The van der Waals surface area contributed by atoms with E-state index in [1.54, 1.807) is 0 Å².